The third kappa shape index (κ3) is 3.91. The summed E-state index contributed by atoms with van der Waals surface area (Å²) in [5.74, 6) is -0.261. The van der Waals surface area contributed by atoms with E-state index in [0.29, 0.717) is 23.9 Å². The van der Waals surface area contributed by atoms with Crippen LogP contribution in [0.3, 0.4) is 0 Å². The summed E-state index contributed by atoms with van der Waals surface area (Å²) < 4.78 is 9.83. The largest absolute Gasteiger partial charge is 0.374 e. The first kappa shape index (κ1) is 23.0. The Bertz CT molecular complexity index is 1500. The van der Waals surface area contributed by atoms with Gasteiger partial charge in [-0.25, -0.2) is 14.3 Å². The van der Waals surface area contributed by atoms with Gasteiger partial charge in [0.05, 0.1) is 42.5 Å². The fourth-order valence-electron chi connectivity index (χ4n) is 5.02. The van der Waals surface area contributed by atoms with Gasteiger partial charge in [-0.1, -0.05) is 11.6 Å². The molecule has 0 aliphatic carbocycles. The van der Waals surface area contributed by atoms with E-state index in [-0.39, 0.29) is 18.6 Å². The van der Waals surface area contributed by atoms with Gasteiger partial charge < -0.3 is 19.9 Å². The van der Waals surface area contributed by atoms with Crippen LogP contribution in [0, 0.1) is 0 Å². The highest BCUT2D eigenvalue weighted by Crippen LogP contribution is 2.34. The third-order valence-corrected chi connectivity index (χ3v) is 6.95. The molecule has 0 radical (unpaired) electrons. The van der Waals surface area contributed by atoms with Crippen molar-refractivity contribution in [3.63, 3.8) is 0 Å². The summed E-state index contributed by atoms with van der Waals surface area (Å²) in [5.41, 5.74) is 3.20. The number of ether oxygens (including phenoxy) is 1. The standard InChI is InChI=1S/C25H26ClN7O3/c1-25(2)23(34)32(24(35)30-25)11-15-7-20-21(28-14-29-33(20)12-15)19-9-17(26)8-16-3-5-31(22(16)19)13-18-10-27-4-6-36-18/h3,5,7-9,12,14,18,27H,4,6,10-11,13H2,1-2H3,(H,30,35). The number of amides is 3. The van der Waals surface area contributed by atoms with Crippen molar-refractivity contribution < 1.29 is 14.3 Å². The molecule has 0 spiro atoms. The van der Waals surface area contributed by atoms with Crippen LogP contribution in [0.4, 0.5) is 4.79 Å². The van der Waals surface area contributed by atoms with Crippen molar-refractivity contribution >= 4 is 40.0 Å². The molecule has 0 bridgehead atoms. The Morgan fingerprint density at radius 2 is 2.11 bits per heavy atom. The Kier molecular flexibility index (Phi) is 5.47. The van der Waals surface area contributed by atoms with E-state index in [2.05, 4.69) is 25.3 Å². The molecule has 2 saturated heterocycles. The van der Waals surface area contributed by atoms with E-state index in [0.717, 1.165) is 40.6 Å². The van der Waals surface area contributed by atoms with Crippen LogP contribution in [0.25, 0.3) is 27.7 Å². The fourth-order valence-corrected chi connectivity index (χ4v) is 5.25. The average Bonchev–Trinajstić information content (AvgIpc) is 3.50. The Balaban J connectivity index is 1.41. The molecule has 6 rings (SSSR count). The van der Waals surface area contributed by atoms with Crippen molar-refractivity contribution in [1.82, 2.24) is 34.7 Å². The SMILES string of the molecule is CC1(C)NC(=O)N(Cc2cc3c(-c4cc(Cl)cc5ccn(CC6CNCCO6)c45)ncnn3c2)C1=O. The molecule has 5 heterocycles. The second kappa shape index (κ2) is 8.58. The van der Waals surface area contributed by atoms with Crippen LogP contribution in [0.2, 0.25) is 5.02 Å². The van der Waals surface area contributed by atoms with Crippen LogP contribution in [0.5, 0.6) is 0 Å². The molecule has 11 heteroatoms. The number of nitrogens with one attached hydrogen (secondary N) is 2. The second-order valence-electron chi connectivity index (χ2n) is 9.79. The maximum Gasteiger partial charge on any atom is 0.325 e. The van der Waals surface area contributed by atoms with Gasteiger partial charge in [-0.05, 0) is 43.7 Å². The lowest BCUT2D eigenvalue weighted by atomic mass is 10.1. The lowest BCUT2D eigenvalue weighted by Gasteiger charge is -2.24. The Hall–Kier alpha value is -3.47. The number of urea groups is 1. The summed E-state index contributed by atoms with van der Waals surface area (Å²) in [6, 6.07) is 7.41. The smallest absolute Gasteiger partial charge is 0.325 e. The summed E-state index contributed by atoms with van der Waals surface area (Å²) >= 11 is 6.52. The van der Waals surface area contributed by atoms with Crippen molar-refractivity contribution in [1.29, 1.82) is 0 Å². The van der Waals surface area contributed by atoms with Crippen molar-refractivity contribution in [2.45, 2.75) is 38.6 Å². The highest BCUT2D eigenvalue weighted by Gasteiger charge is 2.44. The highest BCUT2D eigenvalue weighted by atomic mass is 35.5. The minimum absolute atomic E-state index is 0.0663. The number of carbonyl (C=O) groups is 2. The van der Waals surface area contributed by atoms with Gasteiger partial charge in [0, 0.05) is 41.5 Å². The molecule has 1 atom stereocenters. The maximum absolute atomic E-state index is 12.7. The summed E-state index contributed by atoms with van der Waals surface area (Å²) in [6.07, 6.45) is 5.42. The molecule has 2 fully saturated rings. The molecule has 3 amide bonds. The average molecular weight is 508 g/mol. The molecular weight excluding hydrogens is 482 g/mol. The van der Waals surface area contributed by atoms with Crippen LogP contribution < -0.4 is 10.6 Å². The number of morpholine rings is 1. The first-order valence-corrected chi connectivity index (χ1v) is 12.3. The van der Waals surface area contributed by atoms with Gasteiger partial charge >= 0.3 is 6.03 Å². The molecule has 10 nitrogen and oxygen atoms in total. The lowest BCUT2D eigenvalue weighted by molar-refractivity contribution is -0.130. The quantitative estimate of drug-likeness (QED) is 0.402. The Morgan fingerprint density at radius 1 is 1.25 bits per heavy atom. The Labute approximate surface area is 212 Å². The monoisotopic (exact) mass is 507 g/mol. The number of hydrogen-bond donors (Lipinski definition) is 2. The van der Waals surface area contributed by atoms with Crippen LogP contribution in [-0.4, -0.2) is 67.3 Å². The van der Waals surface area contributed by atoms with Gasteiger partial charge in [0.2, 0.25) is 0 Å². The number of aromatic nitrogens is 4. The minimum Gasteiger partial charge on any atom is -0.374 e. The third-order valence-electron chi connectivity index (χ3n) is 6.73. The van der Waals surface area contributed by atoms with E-state index in [4.69, 9.17) is 16.3 Å². The first-order valence-electron chi connectivity index (χ1n) is 11.9. The van der Waals surface area contributed by atoms with Gasteiger partial charge in [-0.2, -0.15) is 5.10 Å². The number of imide groups is 1. The molecular formula is C25H26ClN7O3. The van der Waals surface area contributed by atoms with E-state index < -0.39 is 11.6 Å². The number of hydrogen-bond acceptors (Lipinski definition) is 6. The molecule has 4 aromatic rings. The number of halogens is 1. The zero-order valence-corrected chi connectivity index (χ0v) is 20.7. The molecule has 2 aliphatic rings. The van der Waals surface area contributed by atoms with Crippen LogP contribution in [-0.2, 0) is 22.6 Å². The molecule has 36 heavy (non-hydrogen) atoms. The van der Waals surface area contributed by atoms with E-state index in [1.54, 1.807) is 18.4 Å². The highest BCUT2D eigenvalue weighted by molar-refractivity contribution is 6.32. The van der Waals surface area contributed by atoms with E-state index >= 15 is 0 Å². The van der Waals surface area contributed by atoms with Crippen LogP contribution in [0.1, 0.15) is 19.4 Å². The van der Waals surface area contributed by atoms with Gasteiger partial charge in [0.25, 0.3) is 5.91 Å². The zero-order valence-electron chi connectivity index (χ0n) is 20.0. The molecule has 1 aromatic carbocycles. The van der Waals surface area contributed by atoms with Crippen molar-refractivity contribution in [2.75, 3.05) is 19.7 Å². The van der Waals surface area contributed by atoms with Crippen molar-refractivity contribution in [3.05, 3.63) is 53.6 Å². The molecule has 2 aliphatic heterocycles. The van der Waals surface area contributed by atoms with Gasteiger partial charge in [-0.15, -0.1) is 0 Å². The normalized spacial score (nSPS) is 20.0. The second-order valence-corrected chi connectivity index (χ2v) is 10.2. The number of benzene rings is 1. The van der Waals surface area contributed by atoms with Gasteiger partial charge in [0.15, 0.2) is 0 Å². The minimum atomic E-state index is -0.920. The number of carbonyl (C=O) groups excluding carboxylic acids is 2. The van der Waals surface area contributed by atoms with Gasteiger partial charge in [-0.3, -0.25) is 9.69 Å². The van der Waals surface area contributed by atoms with E-state index in [1.807, 2.05) is 36.7 Å². The topological polar surface area (TPSA) is 106 Å². The summed E-state index contributed by atoms with van der Waals surface area (Å²) in [6.45, 7) is 6.58. The number of rotatable bonds is 5. The molecule has 0 saturated carbocycles. The van der Waals surface area contributed by atoms with E-state index in [1.165, 1.54) is 11.2 Å². The molecule has 186 valence electrons. The maximum atomic E-state index is 12.7. The van der Waals surface area contributed by atoms with Gasteiger partial charge in [0.1, 0.15) is 11.9 Å². The van der Waals surface area contributed by atoms with Crippen LogP contribution in [0.15, 0.2) is 43.0 Å². The predicted molar refractivity (Wildman–Crippen MR) is 135 cm³/mol. The molecule has 3 aromatic heterocycles. The Morgan fingerprint density at radius 3 is 2.86 bits per heavy atom. The molecule has 1 unspecified atom stereocenters. The van der Waals surface area contributed by atoms with Crippen LogP contribution >= 0.6 is 11.6 Å². The van der Waals surface area contributed by atoms with Crippen molar-refractivity contribution in [3.8, 4) is 11.3 Å². The first-order chi connectivity index (χ1) is 17.3. The number of fused-ring (bicyclic) bond motifs is 2. The zero-order chi connectivity index (χ0) is 25.0. The van der Waals surface area contributed by atoms with E-state index in [9.17, 15) is 9.59 Å². The summed E-state index contributed by atoms with van der Waals surface area (Å²) in [4.78, 5) is 30.9. The molecule has 2 N–H and O–H groups in total. The summed E-state index contributed by atoms with van der Waals surface area (Å²) in [5, 5.41) is 12.1. The predicted octanol–water partition coefficient (Wildman–Crippen LogP) is 2.82. The lowest BCUT2D eigenvalue weighted by Crippen LogP contribution is -2.40. The summed E-state index contributed by atoms with van der Waals surface area (Å²) in [7, 11) is 0. The van der Waals surface area contributed by atoms with Crippen molar-refractivity contribution in [2.24, 2.45) is 0 Å². The fraction of sp³-hybridized carbons (Fsp3) is 0.360. The number of nitrogens with zero attached hydrogens (tertiary/aromatic N) is 5.